The van der Waals surface area contributed by atoms with Crippen LogP contribution in [-0.2, 0) is 0 Å². The summed E-state index contributed by atoms with van der Waals surface area (Å²) in [5.74, 6) is 1.64. The van der Waals surface area contributed by atoms with E-state index in [0.29, 0.717) is 16.6 Å². The minimum atomic E-state index is -0.0343. The van der Waals surface area contributed by atoms with Gasteiger partial charge in [-0.05, 0) is 49.1 Å². The lowest BCUT2D eigenvalue weighted by molar-refractivity contribution is 0.0910. The largest absolute Gasteiger partial charge is 0.349 e. The number of hydrogen-bond donors (Lipinski definition) is 1. The molecule has 1 saturated carbocycles. The van der Waals surface area contributed by atoms with Gasteiger partial charge in [-0.3, -0.25) is 4.79 Å². The fourth-order valence-electron chi connectivity index (χ4n) is 2.89. The van der Waals surface area contributed by atoms with Gasteiger partial charge in [-0.25, -0.2) is 4.98 Å². The Bertz CT molecular complexity index is 516. The van der Waals surface area contributed by atoms with Gasteiger partial charge in [0.1, 0.15) is 5.15 Å². The highest BCUT2D eigenvalue weighted by atomic mass is 35.5. The number of carbonyl (C=O) groups excluding carboxylic acids is 1. The Morgan fingerprint density at radius 2 is 2.00 bits per heavy atom. The number of rotatable bonds is 3. The van der Waals surface area contributed by atoms with Crippen molar-refractivity contribution in [1.82, 2.24) is 10.3 Å². The van der Waals surface area contributed by atoms with E-state index in [9.17, 15) is 4.79 Å². The lowest BCUT2D eigenvalue weighted by Crippen LogP contribution is -2.39. The van der Waals surface area contributed by atoms with E-state index < -0.39 is 0 Å². The van der Waals surface area contributed by atoms with Crippen molar-refractivity contribution in [1.29, 1.82) is 0 Å². The molecule has 3 nitrogen and oxygen atoms in total. The first-order valence-corrected chi connectivity index (χ1v) is 8.23. The van der Waals surface area contributed by atoms with E-state index in [-0.39, 0.29) is 17.9 Å². The van der Waals surface area contributed by atoms with Crippen LogP contribution in [0.15, 0.2) is 12.1 Å². The molecule has 0 saturated heterocycles. The maximum Gasteiger partial charge on any atom is 0.251 e. The van der Waals surface area contributed by atoms with Crippen molar-refractivity contribution in [3.63, 3.8) is 0 Å². The smallest absolute Gasteiger partial charge is 0.251 e. The summed E-state index contributed by atoms with van der Waals surface area (Å²) in [5, 5.41) is 3.54. The van der Waals surface area contributed by atoms with Crippen molar-refractivity contribution in [3.05, 3.63) is 28.5 Å². The highest BCUT2D eigenvalue weighted by Gasteiger charge is 2.26. The average Bonchev–Trinajstić information content (AvgIpc) is 2.42. The maximum absolute atomic E-state index is 12.4. The van der Waals surface area contributed by atoms with E-state index in [2.05, 4.69) is 24.1 Å². The second-order valence-electron chi connectivity index (χ2n) is 6.70. The highest BCUT2D eigenvalue weighted by molar-refractivity contribution is 6.29. The first-order chi connectivity index (χ1) is 9.86. The molecule has 1 aromatic heterocycles. The molecule has 0 bridgehead atoms. The molecule has 2 rings (SSSR count). The third-order valence-corrected chi connectivity index (χ3v) is 4.79. The Morgan fingerprint density at radius 1 is 1.29 bits per heavy atom. The van der Waals surface area contributed by atoms with Crippen molar-refractivity contribution >= 4 is 17.5 Å². The normalized spacial score (nSPS) is 25.9. The Balaban J connectivity index is 2.07. The molecule has 1 N–H and O–H groups in total. The summed E-state index contributed by atoms with van der Waals surface area (Å²) in [6.07, 6.45) is 3.30. The minimum Gasteiger partial charge on any atom is -0.349 e. The summed E-state index contributed by atoms with van der Waals surface area (Å²) in [4.78, 5) is 16.7. The highest BCUT2D eigenvalue weighted by Crippen LogP contribution is 2.29. The van der Waals surface area contributed by atoms with Crippen LogP contribution in [0.1, 0.15) is 68.9 Å². The molecule has 0 aromatic carbocycles. The van der Waals surface area contributed by atoms with Gasteiger partial charge in [-0.1, -0.05) is 39.3 Å². The molecule has 1 heterocycles. The standard InChI is InChI=1S/C17H25ClN2O/c1-10(2)15-8-13(9-16(18)20-15)17(21)19-14-6-5-11(3)12(4)7-14/h8-12,14H,5-7H2,1-4H3,(H,19,21). The molecule has 1 aromatic rings. The topological polar surface area (TPSA) is 42.0 Å². The molecular formula is C17H25ClN2O. The van der Waals surface area contributed by atoms with Gasteiger partial charge >= 0.3 is 0 Å². The summed E-state index contributed by atoms with van der Waals surface area (Å²) in [6, 6.07) is 3.77. The van der Waals surface area contributed by atoms with Gasteiger partial charge in [0.05, 0.1) is 0 Å². The van der Waals surface area contributed by atoms with Crippen molar-refractivity contribution in [2.45, 2.75) is 58.9 Å². The first-order valence-electron chi connectivity index (χ1n) is 7.85. The molecule has 4 heteroatoms. The van der Waals surface area contributed by atoms with E-state index in [1.807, 2.05) is 19.9 Å². The number of aromatic nitrogens is 1. The zero-order chi connectivity index (χ0) is 15.6. The number of hydrogen-bond acceptors (Lipinski definition) is 2. The Kier molecular flexibility index (Phi) is 5.26. The fraction of sp³-hybridized carbons (Fsp3) is 0.647. The summed E-state index contributed by atoms with van der Waals surface area (Å²) in [6.45, 7) is 8.65. The Morgan fingerprint density at radius 3 is 2.62 bits per heavy atom. The second-order valence-corrected chi connectivity index (χ2v) is 7.08. The van der Waals surface area contributed by atoms with Gasteiger partial charge in [0.25, 0.3) is 5.91 Å². The van der Waals surface area contributed by atoms with E-state index in [1.54, 1.807) is 6.07 Å². The van der Waals surface area contributed by atoms with Crippen LogP contribution in [-0.4, -0.2) is 16.9 Å². The molecule has 1 fully saturated rings. The summed E-state index contributed by atoms with van der Waals surface area (Å²) in [5.41, 5.74) is 1.48. The molecule has 3 atom stereocenters. The number of carbonyl (C=O) groups is 1. The predicted octanol–water partition coefficient (Wildman–Crippen LogP) is 4.41. The van der Waals surface area contributed by atoms with Gasteiger partial charge in [0.2, 0.25) is 0 Å². The molecule has 3 unspecified atom stereocenters. The third kappa shape index (κ3) is 4.19. The van der Waals surface area contributed by atoms with Crippen LogP contribution in [0, 0.1) is 11.8 Å². The number of pyridine rings is 1. The van der Waals surface area contributed by atoms with Crippen LogP contribution in [0.3, 0.4) is 0 Å². The number of nitrogens with zero attached hydrogens (tertiary/aromatic N) is 1. The molecule has 1 aliphatic rings. The SMILES string of the molecule is CC(C)c1cc(C(=O)NC2CCC(C)C(C)C2)cc(Cl)n1. The van der Waals surface area contributed by atoms with Crippen molar-refractivity contribution in [2.75, 3.05) is 0 Å². The molecule has 21 heavy (non-hydrogen) atoms. The van der Waals surface area contributed by atoms with Crippen LogP contribution in [0.4, 0.5) is 0 Å². The molecule has 1 amide bonds. The number of halogens is 1. The van der Waals surface area contributed by atoms with Gasteiger partial charge < -0.3 is 5.32 Å². The van der Waals surface area contributed by atoms with Gasteiger partial charge in [0, 0.05) is 17.3 Å². The molecular weight excluding hydrogens is 284 g/mol. The van der Waals surface area contributed by atoms with Crippen molar-refractivity contribution < 1.29 is 4.79 Å². The fourth-order valence-corrected chi connectivity index (χ4v) is 3.11. The van der Waals surface area contributed by atoms with Crippen LogP contribution in [0.5, 0.6) is 0 Å². The molecule has 0 spiro atoms. The van der Waals surface area contributed by atoms with Crippen LogP contribution in [0.2, 0.25) is 5.15 Å². The summed E-state index contributed by atoms with van der Waals surface area (Å²) in [7, 11) is 0. The molecule has 0 radical (unpaired) electrons. The minimum absolute atomic E-state index is 0.0343. The van der Waals surface area contributed by atoms with Crippen LogP contribution >= 0.6 is 11.6 Å². The molecule has 0 aliphatic heterocycles. The van der Waals surface area contributed by atoms with E-state index in [1.165, 1.54) is 6.42 Å². The Hall–Kier alpha value is -1.09. The Labute approximate surface area is 132 Å². The second kappa shape index (κ2) is 6.78. The zero-order valence-electron chi connectivity index (χ0n) is 13.3. The average molecular weight is 309 g/mol. The maximum atomic E-state index is 12.4. The zero-order valence-corrected chi connectivity index (χ0v) is 14.1. The molecule has 116 valence electrons. The number of nitrogens with one attached hydrogen (secondary N) is 1. The van der Waals surface area contributed by atoms with Gasteiger partial charge in [-0.2, -0.15) is 0 Å². The number of amides is 1. The van der Waals surface area contributed by atoms with E-state index >= 15 is 0 Å². The quantitative estimate of drug-likeness (QED) is 0.840. The van der Waals surface area contributed by atoms with Crippen LogP contribution in [0.25, 0.3) is 0 Å². The van der Waals surface area contributed by atoms with Crippen LogP contribution < -0.4 is 5.32 Å². The predicted molar refractivity (Wildman–Crippen MR) is 86.8 cm³/mol. The summed E-state index contributed by atoms with van der Waals surface area (Å²) < 4.78 is 0. The van der Waals surface area contributed by atoms with E-state index in [4.69, 9.17) is 11.6 Å². The van der Waals surface area contributed by atoms with Gasteiger partial charge in [-0.15, -0.1) is 0 Å². The summed E-state index contributed by atoms with van der Waals surface area (Å²) >= 11 is 6.03. The third-order valence-electron chi connectivity index (χ3n) is 4.60. The van der Waals surface area contributed by atoms with Gasteiger partial charge in [0.15, 0.2) is 0 Å². The lowest BCUT2D eigenvalue weighted by atomic mass is 9.79. The molecule has 1 aliphatic carbocycles. The monoisotopic (exact) mass is 308 g/mol. The first kappa shape index (κ1) is 16.3. The van der Waals surface area contributed by atoms with E-state index in [0.717, 1.165) is 24.5 Å². The lowest BCUT2D eigenvalue weighted by Gasteiger charge is -2.32. The van der Waals surface area contributed by atoms with Crippen molar-refractivity contribution in [2.24, 2.45) is 11.8 Å². The van der Waals surface area contributed by atoms with Crippen molar-refractivity contribution in [3.8, 4) is 0 Å².